The molecule has 0 atom stereocenters. The fourth-order valence-electron chi connectivity index (χ4n) is 1.46. The van der Waals surface area contributed by atoms with Gasteiger partial charge in [-0.3, -0.25) is 4.98 Å². The van der Waals surface area contributed by atoms with Crippen molar-refractivity contribution >= 4 is 0 Å². The summed E-state index contributed by atoms with van der Waals surface area (Å²) in [5.41, 5.74) is 8.08. The monoisotopic (exact) mass is 232 g/mol. The number of pyridine rings is 1. The first-order valence-electron chi connectivity index (χ1n) is 5.13. The summed E-state index contributed by atoms with van der Waals surface area (Å²) >= 11 is 0. The molecule has 0 amide bonds. The number of nitrogens with zero attached hydrogens (tertiary/aromatic N) is 1. The third-order valence-corrected chi connectivity index (χ3v) is 2.39. The number of aromatic nitrogens is 1. The van der Waals surface area contributed by atoms with Crippen LogP contribution < -0.4 is 5.73 Å². The summed E-state index contributed by atoms with van der Waals surface area (Å²) in [4.78, 5) is 4.08. The standard InChI is InChI=1S/C11H15F3N2/c1-8-5-10(16-7-9(8)6-15)3-2-4-11(12,13)14/h5,7H,2-4,6,15H2,1H3. The molecule has 0 aliphatic carbocycles. The molecule has 1 rings (SSSR count). The van der Waals surface area contributed by atoms with Crippen LogP contribution in [-0.2, 0) is 13.0 Å². The van der Waals surface area contributed by atoms with Gasteiger partial charge in [0.05, 0.1) is 0 Å². The lowest BCUT2D eigenvalue weighted by molar-refractivity contribution is -0.135. The van der Waals surface area contributed by atoms with Gasteiger partial charge in [-0.2, -0.15) is 13.2 Å². The minimum absolute atomic E-state index is 0.0813. The van der Waals surface area contributed by atoms with Crippen molar-refractivity contribution in [2.75, 3.05) is 0 Å². The molecule has 2 nitrogen and oxygen atoms in total. The van der Waals surface area contributed by atoms with Gasteiger partial charge in [-0.15, -0.1) is 0 Å². The van der Waals surface area contributed by atoms with Crippen molar-refractivity contribution in [3.63, 3.8) is 0 Å². The molecule has 16 heavy (non-hydrogen) atoms. The van der Waals surface area contributed by atoms with Gasteiger partial charge in [0.2, 0.25) is 0 Å². The molecular weight excluding hydrogens is 217 g/mol. The summed E-state index contributed by atoms with van der Waals surface area (Å²) in [6.45, 7) is 2.29. The van der Waals surface area contributed by atoms with Crippen molar-refractivity contribution in [2.24, 2.45) is 5.73 Å². The molecule has 90 valence electrons. The molecule has 0 unspecified atom stereocenters. The second kappa shape index (κ2) is 5.30. The Bertz CT molecular complexity index is 348. The third-order valence-electron chi connectivity index (χ3n) is 2.39. The highest BCUT2D eigenvalue weighted by Gasteiger charge is 2.26. The lowest BCUT2D eigenvalue weighted by atomic mass is 10.1. The third kappa shape index (κ3) is 4.18. The van der Waals surface area contributed by atoms with E-state index in [1.807, 2.05) is 6.92 Å². The van der Waals surface area contributed by atoms with Gasteiger partial charge < -0.3 is 5.73 Å². The molecule has 0 aromatic carbocycles. The van der Waals surface area contributed by atoms with Crippen molar-refractivity contribution < 1.29 is 13.2 Å². The lowest BCUT2D eigenvalue weighted by Crippen LogP contribution is -2.08. The molecule has 5 heteroatoms. The van der Waals surface area contributed by atoms with Crippen LogP contribution in [0.25, 0.3) is 0 Å². The van der Waals surface area contributed by atoms with Crippen LogP contribution in [0.4, 0.5) is 13.2 Å². The second-order valence-corrected chi connectivity index (χ2v) is 3.77. The number of hydrogen-bond acceptors (Lipinski definition) is 2. The van der Waals surface area contributed by atoms with E-state index in [9.17, 15) is 13.2 Å². The van der Waals surface area contributed by atoms with Gasteiger partial charge in [-0.25, -0.2) is 0 Å². The molecule has 0 aliphatic rings. The van der Waals surface area contributed by atoms with Crippen molar-refractivity contribution in [1.29, 1.82) is 0 Å². The Morgan fingerprint density at radius 3 is 2.56 bits per heavy atom. The molecule has 1 heterocycles. The number of hydrogen-bond donors (Lipinski definition) is 1. The highest BCUT2D eigenvalue weighted by atomic mass is 19.4. The Kier molecular flexibility index (Phi) is 4.29. The first-order chi connectivity index (χ1) is 7.42. The van der Waals surface area contributed by atoms with Gasteiger partial charge in [0.1, 0.15) is 0 Å². The van der Waals surface area contributed by atoms with Gasteiger partial charge in [-0.1, -0.05) is 0 Å². The van der Waals surface area contributed by atoms with E-state index in [1.165, 1.54) is 0 Å². The zero-order valence-electron chi connectivity index (χ0n) is 9.14. The van der Waals surface area contributed by atoms with Crippen LogP contribution in [0.3, 0.4) is 0 Å². The SMILES string of the molecule is Cc1cc(CCCC(F)(F)F)ncc1CN. The Hall–Kier alpha value is -1.10. The van der Waals surface area contributed by atoms with E-state index in [0.29, 0.717) is 18.7 Å². The molecule has 1 aromatic heterocycles. The van der Waals surface area contributed by atoms with Crippen LogP contribution >= 0.6 is 0 Å². The van der Waals surface area contributed by atoms with Crippen LogP contribution in [-0.4, -0.2) is 11.2 Å². The van der Waals surface area contributed by atoms with Gasteiger partial charge in [0, 0.05) is 24.9 Å². The number of alkyl halides is 3. The number of halogens is 3. The minimum atomic E-state index is -4.08. The van der Waals surface area contributed by atoms with E-state index in [-0.39, 0.29) is 6.42 Å². The van der Waals surface area contributed by atoms with Crippen LogP contribution in [0.1, 0.15) is 29.7 Å². The van der Waals surface area contributed by atoms with Crippen molar-refractivity contribution in [3.05, 3.63) is 29.1 Å². The quantitative estimate of drug-likeness (QED) is 0.866. The molecule has 0 fully saturated rings. The first kappa shape index (κ1) is 13.0. The molecule has 1 aromatic rings. The summed E-state index contributed by atoms with van der Waals surface area (Å²) in [6, 6.07) is 1.80. The molecule has 0 saturated carbocycles. The summed E-state index contributed by atoms with van der Waals surface area (Å²) in [6.07, 6.45) is -2.76. The smallest absolute Gasteiger partial charge is 0.326 e. The summed E-state index contributed by atoms with van der Waals surface area (Å²) < 4.78 is 35.8. The Morgan fingerprint density at radius 1 is 1.38 bits per heavy atom. The Labute approximate surface area is 92.7 Å². The maximum atomic E-state index is 11.9. The summed E-state index contributed by atoms with van der Waals surface area (Å²) in [5.74, 6) is 0. The summed E-state index contributed by atoms with van der Waals surface area (Å²) in [5, 5.41) is 0. The van der Waals surface area contributed by atoms with Crippen molar-refractivity contribution in [2.45, 2.75) is 38.9 Å². The number of aryl methyl sites for hydroxylation is 2. The lowest BCUT2D eigenvalue weighted by Gasteiger charge is -2.07. The molecule has 2 N–H and O–H groups in total. The largest absolute Gasteiger partial charge is 0.389 e. The second-order valence-electron chi connectivity index (χ2n) is 3.77. The van der Waals surface area contributed by atoms with Crippen LogP contribution in [0.5, 0.6) is 0 Å². The fraction of sp³-hybridized carbons (Fsp3) is 0.545. The van der Waals surface area contributed by atoms with E-state index in [0.717, 1.165) is 11.1 Å². The van der Waals surface area contributed by atoms with E-state index in [2.05, 4.69) is 4.98 Å². The zero-order valence-corrected chi connectivity index (χ0v) is 9.14. The van der Waals surface area contributed by atoms with E-state index in [1.54, 1.807) is 12.3 Å². The van der Waals surface area contributed by atoms with E-state index < -0.39 is 12.6 Å². The normalized spacial score (nSPS) is 11.8. The van der Waals surface area contributed by atoms with Crippen molar-refractivity contribution in [1.82, 2.24) is 4.98 Å². The molecular formula is C11H15F3N2. The van der Waals surface area contributed by atoms with Crippen LogP contribution in [0, 0.1) is 6.92 Å². The minimum Gasteiger partial charge on any atom is -0.326 e. The molecule has 0 saturated heterocycles. The highest BCUT2D eigenvalue weighted by Crippen LogP contribution is 2.22. The first-order valence-corrected chi connectivity index (χ1v) is 5.13. The fourth-order valence-corrected chi connectivity index (χ4v) is 1.46. The highest BCUT2D eigenvalue weighted by molar-refractivity contribution is 5.25. The maximum absolute atomic E-state index is 11.9. The molecule has 0 aliphatic heterocycles. The number of nitrogens with two attached hydrogens (primary N) is 1. The molecule has 0 spiro atoms. The predicted octanol–water partition coefficient (Wildman–Crippen LogP) is 2.73. The van der Waals surface area contributed by atoms with Crippen LogP contribution in [0.2, 0.25) is 0 Å². The summed E-state index contributed by atoms with van der Waals surface area (Å²) in [7, 11) is 0. The van der Waals surface area contributed by atoms with Gasteiger partial charge in [0.15, 0.2) is 0 Å². The maximum Gasteiger partial charge on any atom is 0.389 e. The van der Waals surface area contributed by atoms with Gasteiger partial charge >= 0.3 is 6.18 Å². The average Bonchev–Trinajstić information content (AvgIpc) is 2.16. The van der Waals surface area contributed by atoms with Gasteiger partial charge in [-0.05, 0) is 37.0 Å². The van der Waals surface area contributed by atoms with Gasteiger partial charge in [0.25, 0.3) is 0 Å². The molecule has 0 radical (unpaired) electrons. The van der Waals surface area contributed by atoms with E-state index >= 15 is 0 Å². The van der Waals surface area contributed by atoms with Crippen LogP contribution in [0.15, 0.2) is 12.3 Å². The van der Waals surface area contributed by atoms with Crippen molar-refractivity contribution in [3.8, 4) is 0 Å². The molecule has 0 bridgehead atoms. The predicted molar refractivity (Wildman–Crippen MR) is 55.9 cm³/mol. The topological polar surface area (TPSA) is 38.9 Å². The number of rotatable bonds is 4. The van der Waals surface area contributed by atoms with E-state index in [4.69, 9.17) is 5.73 Å². The average molecular weight is 232 g/mol. The zero-order chi connectivity index (χ0) is 12.2. The Balaban J connectivity index is 2.52. The Morgan fingerprint density at radius 2 is 2.06 bits per heavy atom.